The summed E-state index contributed by atoms with van der Waals surface area (Å²) in [5, 5.41) is 0. The summed E-state index contributed by atoms with van der Waals surface area (Å²) in [5.74, 6) is 1.59. The van der Waals surface area contributed by atoms with Crippen LogP contribution in [0.2, 0.25) is 0 Å². The molecule has 0 saturated carbocycles. The minimum atomic E-state index is 0.0817. The number of carbonyl (C=O) groups is 2. The minimum absolute atomic E-state index is 0.0817. The minimum Gasteiger partial charge on any atom is -0.496 e. The van der Waals surface area contributed by atoms with Gasteiger partial charge in [0.05, 0.1) is 14.2 Å². The molecule has 0 saturated heterocycles. The first-order valence-corrected chi connectivity index (χ1v) is 8.02. The Morgan fingerprint density at radius 3 is 1.46 bits per heavy atom. The van der Waals surface area contributed by atoms with Gasteiger partial charge in [0, 0.05) is 24.0 Å². The quantitative estimate of drug-likeness (QED) is 0.846. The topological polar surface area (TPSA) is 52.6 Å². The zero-order valence-electron chi connectivity index (χ0n) is 13.9. The van der Waals surface area contributed by atoms with Gasteiger partial charge in [-0.05, 0) is 60.4 Å². The van der Waals surface area contributed by atoms with E-state index in [4.69, 9.17) is 9.47 Å². The normalized spacial score (nSPS) is 14.6. The van der Waals surface area contributed by atoms with Gasteiger partial charge in [-0.2, -0.15) is 0 Å². The van der Waals surface area contributed by atoms with Crippen molar-refractivity contribution in [2.24, 2.45) is 0 Å². The molecule has 2 aromatic rings. The monoisotopic (exact) mass is 324 g/mol. The molecule has 0 unspecified atom stereocenters. The van der Waals surface area contributed by atoms with Crippen molar-refractivity contribution < 1.29 is 19.1 Å². The molecule has 0 amide bonds. The van der Waals surface area contributed by atoms with Gasteiger partial charge in [-0.1, -0.05) is 0 Å². The van der Waals surface area contributed by atoms with Crippen molar-refractivity contribution in [3.05, 3.63) is 58.7 Å². The highest BCUT2D eigenvalue weighted by atomic mass is 16.5. The molecule has 0 spiro atoms. The molecule has 0 N–H and O–H groups in total. The van der Waals surface area contributed by atoms with Gasteiger partial charge in [0.1, 0.15) is 11.5 Å². The van der Waals surface area contributed by atoms with E-state index in [1.54, 1.807) is 38.5 Å². The molecule has 0 aliphatic heterocycles. The van der Waals surface area contributed by atoms with Crippen molar-refractivity contribution in [3.63, 3.8) is 0 Å². The van der Waals surface area contributed by atoms with Crippen LogP contribution in [-0.2, 0) is 12.8 Å². The highest BCUT2D eigenvalue weighted by Gasteiger charge is 2.17. The Labute approximate surface area is 141 Å². The Hall–Kier alpha value is -2.62. The number of hydrogen-bond acceptors (Lipinski definition) is 4. The lowest BCUT2D eigenvalue weighted by Crippen LogP contribution is -2.08. The number of fused-ring (bicyclic) bond motifs is 4. The van der Waals surface area contributed by atoms with Gasteiger partial charge < -0.3 is 9.47 Å². The second-order valence-electron chi connectivity index (χ2n) is 5.90. The second-order valence-corrected chi connectivity index (χ2v) is 5.90. The highest BCUT2D eigenvalue weighted by Crippen LogP contribution is 2.27. The number of rotatable bonds is 2. The zero-order chi connectivity index (χ0) is 17.1. The highest BCUT2D eigenvalue weighted by molar-refractivity contribution is 5.98. The first kappa shape index (κ1) is 16.2. The van der Waals surface area contributed by atoms with Crippen LogP contribution in [0.1, 0.15) is 44.7 Å². The first-order chi connectivity index (χ1) is 11.6. The van der Waals surface area contributed by atoms with Gasteiger partial charge in [-0.15, -0.1) is 0 Å². The maximum Gasteiger partial charge on any atom is 0.163 e. The van der Waals surface area contributed by atoms with Crippen LogP contribution in [0.4, 0.5) is 0 Å². The van der Waals surface area contributed by atoms with Gasteiger partial charge in [-0.3, -0.25) is 9.59 Å². The van der Waals surface area contributed by atoms with Crippen molar-refractivity contribution in [1.29, 1.82) is 0 Å². The summed E-state index contributed by atoms with van der Waals surface area (Å²) in [7, 11) is 3.20. The van der Waals surface area contributed by atoms with E-state index in [0.29, 0.717) is 48.3 Å². The molecule has 0 radical (unpaired) electrons. The Bertz CT molecular complexity index is 725. The number of aryl methyl sites for hydroxylation is 2. The summed E-state index contributed by atoms with van der Waals surface area (Å²) in [6, 6.07) is 10.9. The van der Waals surface area contributed by atoms with Crippen molar-refractivity contribution in [3.8, 4) is 11.5 Å². The number of ketones is 2. The molecule has 0 atom stereocenters. The van der Waals surface area contributed by atoms with Crippen molar-refractivity contribution in [2.45, 2.75) is 25.7 Å². The Morgan fingerprint density at radius 1 is 0.667 bits per heavy atom. The summed E-state index contributed by atoms with van der Waals surface area (Å²) in [6.07, 6.45) is 1.84. The average Bonchev–Trinajstić information content (AvgIpc) is 2.62. The van der Waals surface area contributed by atoms with E-state index in [9.17, 15) is 9.59 Å². The summed E-state index contributed by atoms with van der Waals surface area (Å²) >= 11 is 0. The van der Waals surface area contributed by atoms with E-state index in [-0.39, 0.29) is 11.6 Å². The maximum atomic E-state index is 12.5. The number of hydrogen-bond donors (Lipinski definition) is 0. The van der Waals surface area contributed by atoms with E-state index in [0.717, 1.165) is 11.1 Å². The third-order valence-electron chi connectivity index (χ3n) is 4.45. The number of methoxy groups -OCH3 is 2. The molecule has 124 valence electrons. The third kappa shape index (κ3) is 3.18. The lowest BCUT2D eigenvalue weighted by Gasteiger charge is -2.14. The van der Waals surface area contributed by atoms with Gasteiger partial charge in [0.2, 0.25) is 0 Å². The van der Waals surface area contributed by atoms with E-state index in [2.05, 4.69) is 0 Å². The molecule has 4 nitrogen and oxygen atoms in total. The molecule has 3 rings (SSSR count). The molecule has 4 bridgehead atoms. The fraction of sp³-hybridized carbons (Fsp3) is 0.300. The molecular formula is C20H20O4. The predicted octanol–water partition coefficient (Wildman–Crippen LogP) is 3.65. The van der Waals surface area contributed by atoms with Crippen LogP contribution < -0.4 is 9.47 Å². The number of ether oxygens (including phenoxy) is 2. The molecular weight excluding hydrogens is 304 g/mol. The standard InChI is InChI=1S/C20H20O4/c1-23-19-9-5-13-11-15(19)3-7-17(21)14-6-10-20(24-2)16(12-14)4-8-18(13)22/h5-6,9-12H,3-4,7-8H2,1-2H3. The van der Waals surface area contributed by atoms with Crippen LogP contribution in [0.15, 0.2) is 36.4 Å². The van der Waals surface area contributed by atoms with Gasteiger partial charge in [0.25, 0.3) is 0 Å². The summed E-state index contributed by atoms with van der Waals surface area (Å²) < 4.78 is 10.7. The number of carbonyl (C=O) groups excluding carboxylic acids is 2. The van der Waals surface area contributed by atoms with Crippen molar-refractivity contribution in [2.75, 3.05) is 14.2 Å². The van der Waals surface area contributed by atoms with Crippen molar-refractivity contribution in [1.82, 2.24) is 0 Å². The van der Waals surface area contributed by atoms with E-state index in [1.165, 1.54) is 0 Å². The lowest BCUT2D eigenvalue weighted by molar-refractivity contribution is 0.0978. The molecule has 0 aromatic heterocycles. The SMILES string of the molecule is COc1ccc2cc1CCC(=O)c1ccc(OC)c(c1)CCC2=O. The number of benzene rings is 2. The molecule has 4 heteroatoms. The lowest BCUT2D eigenvalue weighted by atomic mass is 9.94. The average molecular weight is 324 g/mol. The summed E-state index contributed by atoms with van der Waals surface area (Å²) in [5.41, 5.74) is 3.11. The fourth-order valence-electron chi connectivity index (χ4n) is 3.08. The smallest absolute Gasteiger partial charge is 0.163 e. The molecule has 2 aromatic carbocycles. The van der Waals surface area contributed by atoms with Gasteiger partial charge >= 0.3 is 0 Å². The number of Topliss-reactive ketones (excluding diaryl/α,β-unsaturated/α-hetero) is 2. The van der Waals surface area contributed by atoms with E-state index >= 15 is 0 Å². The molecule has 1 aliphatic rings. The predicted molar refractivity (Wildman–Crippen MR) is 91.3 cm³/mol. The van der Waals surface area contributed by atoms with Crippen LogP contribution in [0.3, 0.4) is 0 Å². The molecule has 0 heterocycles. The van der Waals surface area contributed by atoms with Crippen LogP contribution >= 0.6 is 0 Å². The van der Waals surface area contributed by atoms with Crippen molar-refractivity contribution >= 4 is 11.6 Å². The summed E-state index contributed by atoms with van der Waals surface area (Å²) in [4.78, 5) is 25.0. The zero-order valence-corrected chi connectivity index (χ0v) is 13.9. The summed E-state index contributed by atoms with van der Waals surface area (Å²) in [6.45, 7) is 0. The van der Waals surface area contributed by atoms with Crippen LogP contribution in [0.5, 0.6) is 11.5 Å². The largest absolute Gasteiger partial charge is 0.496 e. The Morgan fingerprint density at radius 2 is 1.08 bits per heavy atom. The van der Waals surface area contributed by atoms with Crippen LogP contribution in [0.25, 0.3) is 0 Å². The first-order valence-electron chi connectivity index (χ1n) is 8.02. The van der Waals surface area contributed by atoms with Gasteiger partial charge in [-0.25, -0.2) is 0 Å². The molecule has 1 aliphatic carbocycles. The molecule has 0 fully saturated rings. The maximum absolute atomic E-state index is 12.5. The second kappa shape index (κ2) is 6.87. The van der Waals surface area contributed by atoms with Crippen LogP contribution in [0, 0.1) is 0 Å². The van der Waals surface area contributed by atoms with E-state index in [1.807, 2.05) is 12.1 Å². The fourth-order valence-corrected chi connectivity index (χ4v) is 3.08. The molecule has 24 heavy (non-hydrogen) atoms. The van der Waals surface area contributed by atoms with Gasteiger partial charge in [0.15, 0.2) is 11.6 Å². The Balaban J connectivity index is 2.02. The Kier molecular flexibility index (Phi) is 4.65. The van der Waals surface area contributed by atoms with Crippen LogP contribution in [-0.4, -0.2) is 25.8 Å². The third-order valence-corrected chi connectivity index (χ3v) is 4.45. The van der Waals surface area contributed by atoms with E-state index < -0.39 is 0 Å².